The van der Waals surface area contributed by atoms with E-state index in [0.29, 0.717) is 12.1 Å². The molecule has 2 saturated heterocycles. The molecule has 3 heterocycles. The van der Waals surface area contributed by atoms with Gasteiger partial charge in [-0.25, -0.2) is 5.32 Å². The van der Waals surface area contributed by atoms with Gasteiger partial charge in [0.15, 0.2) is 0 Å². The Hall–Kier alpha value is -1.83. The molecule has 0 spiro atoms. The lowest BCUT2D eigenvalue weighted by molar-refractivity contribution is 0.104. The van der Waals surface area contributed by atoms with Crippen LogP contribution in [0.5, 0.6) is 0 Å². The third kappa shape index (κ3) is 2.87. The van der Waals surface area contributed by atoms with E-state index in [4.69, 9.17) is 10.6 Å². The maximum Gasteiger partial charge on any atom is 0.0991 e. The smallest absolute Gasteiger partial charge is 0.0991 e. The lowest BCUT2D eigenvalue weighted by atomic mass is 9.87. The number of nitrogens with zero attached hydrogens (tertiary/aromatic N) is 3. The highest BCUT2D eigenvalue weighted by atomic mass is 15.3. The van der Waals surface area contributed by atoms with Gasteiger partial charge in [0.1, 0.15) is 0 Å². The zero-order valence-corrected chi connectivity index (χ0v) is 13.5. The number of fused-ring (bicyclic) bond motifs is 1. The van der Waals surface area contributed by atoms with Gasteiger partial charge in [-0.15, -0.1) is 0 Å². The summed E-state index contributed by atoms with van der Waals surface area (Å²) in [5.74, 6) is 0.544. The Bertz CT molecular complexity index is 721. The second kappa shape index (κ2) is 6.35. The molecule has 0 saturated carbocycles. The summed E-state index contributed by atoms with van der Waals surface area (Å²) in [6, 6.07) is 8.19. The molecule has 2 aliphatic rings. The molecule has 4 rings (SSSR count). The number of benzene rings is 1. The first-order chi connectivity index (χ1) is 11.3. The third-order valence-corrected chi connectivity index (χ3v) is 5.41. The minimum atomic E-state index is 0.387. The fourth-order valence-corrected chi connectivity index (χ4v) is 4.14. The monoisotopic (exact) mass is 307 g/mol. The summed E-state index contributed by atoms with van der Waals surface area (Å²) >= 11 is 0. The van der Waals surface area contributed by atoms with Gasteiger partial charge in [-0.05, 0) is 68.5 Å². The van der Waals surface area contributed by atoms with Crippen LogP contribution in [0.15, 0.2) is 24.4 Å². The fourth-order valence-electron chi connectivity index (χ4n) is 4.14. The minimum Gasteiger partial charge on any atom is -0.361 e. The van der Waals surface area contributed by atoms with E-state index in [2.05, 4.69) is 22.1 Å². The van der Waals surface area contributed by atoms with Gasteiger partial charge >= 0.3 is 0 Å². The first kappa shape index (κ1) is 14.7. The summed E-state index contributed by atoms with van der Waals surface area (Å²) in [5.41, 5.74) is 3.25. The topological polar surface area (TPSA) is 56.9 Å². The van der Waals surface area contributed by atoms with Crippen LogP contribution in [0.1, 0.15) is 49.1 Å². The highest BCUT2D eigenvalue weighted by Crippen LogP contribution is 2.35. The van der Waals surface area contributed by atoms with E-state index < -0.39 is 0 Å². The van der Waals surface area contributed by atoms with Crippen LogP contribution >= 0.6 is 0 Å². The Balaban J connectivity index is 1.58. The van der Waals surface area contributed by atoms with Crippen molar-refractivity contribution in [3.05, 3.63) is 35.5 Å². The Morgan fingerprint density at radius 2 is 2.09 bits per heavy atom. The zero-order chi connectivity index (χ0) is 15.6. The van der Waals surface area contributed by atoms with Gasteiger partial charge in [0.05, 0.1) is 17.8 Å². The maximum absolute atomic E-state index is 9.17. The molecule has 4 nitrogen and oxygen atoms in total. The molecule has 0 bridgehead atoms. The molecule has 119 valence electrons. The van der Waals surface area contributed by atoms with Crippen molar-refractivity contribution in [3.63, 3.8) is 0 Å². The van der Waals surface area contributed by atoms with Gasteiger partial charge in [-0.1, -0.05) is 6.42 Å². The average molecular weight is 307 g/mol. The Morgan fingerprint density at radius 3 is 2.91 bits per heavy atom. The van der Waals surface area contributed by atoms with Crippen LogP contribution in [0.3, 0.4) is 0 Å². The number of nitriles is 1. The van der Waals surface area contributed by atoms with E-state index in [0.717, 1.165) is 30.5 Å². The van der Waals surface area contributed by atoms with Crippen molar-refractivity contribution >= 4 is 10.9 Å². The maximum atomic E-state index is 9.17. The first-order valence-corrected chi connectivity index (χ1v) is 8.77. The van der Waals surface area contributed by atoms with Crippen LogP contribution < -0.4 is 5.32 Å². The number of aromatic nitrogens is 1. The number of aromatic amines is 1. The van der Waals surface area contributed by atoms with Crippen LogP contribution in [-0.4, -0.2) is 35.7 Å². The lowest BCUT2D eigenvalue weighted by Crippen LogP contribution is -2.48. The number of H-pyrrole nitrogens is 1. The predicted molar refractivity (Wildman–Crippen MR) is 91.2 cm³/mol. The highest BCUT2D eigenvalue weighted by molar-refractivity contribution is 5.85. The van der Waals surface area contributed by atoms with Crippen LogP contribution in [-0.2, 0) is 0 Å². The highest BCUT2D eigenvalue weighted by Gasteiger charge is 2.30. The molecular formula is C19H23N4. The summed E-state index contributed by atoms with van der Waals surface area (Å²) in [6.45, 7) is 3.36. The molecule has 1 radical (unpaired) electrons. The molecule has 23 heavy (non-hydrogen) atoms. The SMILES string of the molecule is N#Cc1ccc2[nH]cc(C3CC[N]C(N4CCCCC4)C3)c2c1. The number of nitrogens with one attached hydrogen (secondary N) is 1. The molecule has 1 aromatic heterocycles. The summed E-state index contributed by atoms with van der Waals surface area (Å²) in [7, 11) is 0. The summed E-state index contributed by atoms with van der Waals surface area (Å²) in [4.78, 5) is 5.95. The van der Waals surface area contributed by atoms with Gasteiger partial charge in [0.2, 0.25) is 0 Å². The van der Waals surface area contributed by atoms with Gasteiger partial charge in [-0.2, -0.15) is 5.26 Å². The molecule has 0 amide bonds. The normalized spacial score (nSPS) is 26.2. The van der Waals surface area contributed by atoms with Crippen molar-refractivity contribution in [3.8, 4) is 6.07 Å². The number of rotatable bonds is 2. The number of piperidine rings is 2. The molecule has 0 aliphatic carbocycles. The summed E-state index contributed by atoms with van der Waals surface area (Å²) in [6.07, 6.45) is 8.77. The van der Waals surface area contributed by atoms with Gasteiger partial charge in [0, 0.05) is 23.6 Å². The van der Waals surface area contributed by atoms with Gasteiger partial charge in [0.25, 0.3) is 0 Å². The molecule has 4 heteroatoms. The largest absolute Gasteiger partial charge is 0.361 e. The van der Waals surface area contributed by atoms with Gasteiger partial charge in [-0.3, -0.25) is 4.90 Å². The van der Waals surface area contributed by atoms with E-state index in [1.165, 1.54) is 43.3 Å². The van der Waals surface area contributed by atoms with Crippen molar-refractivity contribution in [1.82, 2.24) is 15.2 Å². The summed E-state index contributed by atoms with van der Waals surface area (Å²) < 4.78 is 0. The lowest BCUT2D eigenvalue weighted by Gasteiger charge is -2.39. The molecular weight excluding hydrogens is 284 g/mol. The van der Waals surface area contributed by atoms with Crippen molar-refractivity contribution in [2.24, 2.45) is 0 Å². The van der Waals surface area contributed by atoms with Gasteiger partial charge < -0.3 is 4.98 Å². The molecule has 2 aliphatic heterocycles. The minimum absolute atomic E-state index is 0.387. The third-order valence-electron chi connectivity index (χ3n) is 5.41. The van der Waals surface area contributed by atoms with E-state index >= 15 is 0 Å². The Labute approximate surface area is 137 Å². The molecule has 2 fully saturated rings. The quantitative estimate of drug-likeness (QED) is 0.925. The fraction of sp³-hybridized carbons (Fsp3) is 0.526. The number of hydrogen-bond acceptors (Lipinski definition) is 2. The molecule has 2 unspecified atom stereocenters. The predicted octanol–water partition coefficient (Wildman–Crippen LogP) is 3.33. The van der Waals surface area contributed by atoms with E-state index in [9.17, 15) is 0 Å². The second-order valence-corrected chi connectivity index (χ2v) is 6.82. The van der Waals surface area contributed by atoms with E-state index in [1.54, 1.807) is 0 Å². The molecule has 1 aromatic carbocycles. The van der Waals surface area contributed by atoms with Crippen LogP contribution in [0.4, 0.5) is 0 Å². The Morgan fingerprint density at radius 1 is 1.22 bits per heavy atom. The van der Waals surface area contributed by atoms with Crippen LogP contribution in [0.25, 0.3) is 10.9 Å². The number of likely N-dealkylation sites (tertiary alicyclic amines) is 1. The van der Waals surface area contributed by atoms with E-state index in [1.807, 2.05) is 18.2 Å². The van der Waals surface area contributed by atoms with E-state index in [-0.39, 0.29) is 0 Å². The number of hydrogen-bond donors (Lipinski definition) is 1. The van der Waals surface area contributed by atoms with Crippen LogP contribution in [0, 0.1) is 11.3 Å². The molecule has 1 N–H and O–H groups in total. The van der Waals surface area contributed by atoms with Crippen molar-refractivity contribution in [2.75, 3.05) is 19.6 Å². The molecule has 2 atom stereocenters. The van der Waals surface area contributed by atoms with Crippen molar-refractivity contribution in [1.29, 1.82) is 5.26 Å². The summed E-state index contributed by atoms with van der Waals surface area (Å²) in [5, 5.41) is 15.3. The average Bonchev–Trinajstić information content (AvgIpc) is 3.05. The Kier molecular flexibility index (Phi) is 4.07. The standard InChI is InChI=1S/C19H23N4/c20-12-14-4-5-18-16(10-14)17(13-22-18)15-6-7-21-19(11-15)23-8-2-1-3-9-23/h4-5,10,13,15,19,22H,1-3,6-9,11H2. The van der Waals surface area contributed by atoms with Crippen molar-refractivity contribution < 1.29 is 0 Å². The first-order valence-electron chi connectivity index (χ1n) is 8.77. The zero-order valence-electron chi connectivity index (χ0n) is 13.5. The second-order valence-electron chi connectivity index (χ2n) is 6.82. The van der Waals surface area contributed by atoms with Crippen LogP contribution in [0.2, 0.25) is 0 Å². The van der Waals surface area contributed by atoms with Crippen molar-refractivity contribution in [2.45, 2.75) is 44.2 Å². The molecule has 2 aromatic rings.